The Morgan fingerprint density at radius 2 is 1.86 bits per heavy atom. The predicted octanol–water partition coefficient (Wildman–Crippen LogP) is 2.83. The molecule has 0 bridgehead atoms. The first-order valence-corrected chi connectivity index (χ1v) is 6.46. The van der Waals surface area contributed by atoms with Crippen molar-refractivity contribution in [2.75, 3.05) is 5.32 Å². The van der Waals surface area contributed by atoms with E-state index in [1.54, 1.807) is 24.3 Å². The number of anilines is 1. The monoisotopic (exact) mass is 321 g/mol. The molecular formula is C14H12ClN3O4. The maximum Gasteiger partial charge on any atom is 0.409 e. The van der Waals surface area contributed by atoms with Crippen LogP contribution >= 0.6 is 11.6 Å². The van der Waals surface area contributed by atoms with E-state index in [9.17, 15) is 9.59 Å². The lowest BCUT2D eigenvalue weighted by molar-refractivity contribution is 0.0953. The van der Waals surface area contributed by atoms with Gasteiger partial charge < -0.3 is 9.84 Å². The van der Waals surface area contributed by atoms with Crippen LogP contribution in [0.3, 0.4) is 0 Å². The van der Waals surface area contributed by atoms with Crippen molar-refractivity contribution in [1.29, 1.82) is 0 Å². The van der Waals surface area contributed by atoms with Gasteiger partial charge in [0.05, 0.1) is 10.7 Å². The zero-order valence-corrected chi connectivity index (χ0v) is 11.9. The summed E-state index contributed by atoms with van der Waals surface area (Å²) < 4.78 is 5.57. The molecule has 0 aliphatic heterocycles. The van der Waals surface area contributed by atoms with Gasteiger partial charge in [-0.2, -0.15) is 0 Å². The zero-order valence-electron chi connectivity index (χ0n) is 11.2. The van der Waals surface area contributed by atoms with Gasteiger partial charge in [0.2, 0.25) is 0 Å². The molecule has 8 heteroatoms. The van der Waals surface area contributed by atoms with E-state index in [0.717, 1.165) is 0 Å². The first-order chi connectivity index (χ1) is 10.5. The van der Waals surface area contributed by atoms with E-state index in [2.05, 4.69) is 5.32 Å². The molecule has 0 atom stereocenters. The molecule has 0 fully saturated rings. The summed E-state index contributed by atoms with van der Waals surface area (Å²) in [5.41, 5.74) is 2.62. The molecule has 5 N–H and O–H groups in total. The van der Waals surface area contributed by atoms with E-state index < -0.39 is 12.0 Å². The van der Waals surface area contributed by atoms with Crippen LogP contribution < -0.4 is 21.3 Å². The highest BCUT2D eigenvalue weighted by Gasteiger charge is 2.08. The van der Waals surface area contributed by atoms with Gasteiger partial charge in [-0.15, -0.1) is 0 Å². The summed E-state index contributed by atoms with van der Waals surface area (Å²) in [6.45, 7) is 0. The molecule has 7 nitrogen and oxygen atoms in total. The fraction of sp³-hybridized carbons (Fsp3) is 0. The number of hydrazine groups is 1. The summed E-state index contributed by atoms with van der Waals surface area (Å²) in [4.78, 5) is 22.0. The number of hydrogen-bond donors (Lipinski definition) is 4. The van der Waals surface area contributed by atoms with Crippen molar-refractivity contribution in [2.45, 2.75) is 0 Å². The summed E-state index contributed by atoms with van der Waals surface area (Å²) in [7, 11) is 0. The molecule has 0 heterocycles. The van der Waals surface area contributed by atoms with E-state index in [4.69, 9.17) is 27.3 Å². The van der Waals surface area contributed by atoms with Gasteiger partial charge >= 0.3 is 6.09 Å². The van der Waals surface area contributed by atoms with E-state index in [0.29, 0.717) is 17.1 Å². The second-order valence-electron chi connectivity index (χ2n) is 4.18. The van der Waals surface area contributed by atoms with Crippen molar-refractivity contribution in [3.63, 3.8) is 0 Å². The van der Waals surface area contributed by atoms with Crippen LogP contribution in [0.5, 0.6) is 11.5 Å². The summed E-state index contributed by atoms with van der Waals surface area (Å²) in [6, 6.07) is 10.9. The Bertz CT molecular complexity index is 721. The lowest BCUT2D eigenvalue weighted by Crippen LogP contribution is -2.29. The van der Waals surface area contributed by atoms with E-state index in [-0.39, 0.29) is 10.7 Å². The van der Waals surface area contributed by atoms with Crippen molar-refractivity contribution in [2.24, 2.45) is 5.84 Å². The highest BCUT2D eigenvalue weighted by molar-refractivity contribution is 6.33. The molecule has 2 amide bonds. The molecule has 0 saturated carbocycles. The van der Waals surface area contributed by atoms with Gasteiger partial charge in [0, 0.05) is 11.6 Å². The molecule has 0 aliphatic carbocycles. The highest BCUT2D eigenvalue weighted by Crippen LogP contribution is 2.30. The van der Waals surface area contributed by atoms with Crippen molar-refractivity contribution >= 4 is 29.3 Å². The topological polar surface area (TPSA) is 114 Å². The fourth-order valence-electron chi connectivity index (χ4n) is 1.70. The quantitative estimate of drug-likeness (QED) is 0.393. The van der Waals surface area contributed by atoms with Gasteiger partial charge in [-0.05, 0) is 30.3 Å². The number of hydrogen-bond acceptors (Lipinski definition) is 4. The minimum absolute atomic E-state index is 0.191. The van der Waals surface area contributed by atoms with Crippen LogP contribution in [-0.2, 0) is 0 Å². The third kappa shape index (κ3) is 3.87. The van der Waals surface area contributed by atoms with Crippen LogP contribution in [-0.4, -0.2) is 17.1 Å². The van der Waals surface area contributed by atoms with E-state index in [1.807, 2.05) is 5.43 Å². The molecular weight excluding hydrogens is 310 g/mol. The maximum atomic E-state index is 11.4. The third-order valence-electron chi connectivity index (χ3n) is 2.65. The number of carboxylic acid groups (broad SMARTS) is 1. The Morgan fingerprint density at radius 1 is 1.14 bits per heavy atom. The summed E-state index contributed by atoms with van der Waals surface area (Å²) >= 11 is 5.96. The van der Waals surface area contributed by atoms with E-state index in [1.165, 1.54) is 18.2 Å². The second kappa shape index (κ2) is 6.79. The molecule has 22 heavy (non-hydrogen) atoms. The number of nitrogen functional groups attached to an aromatic ring is 1. The predicted molar refractivity (Wildman–Crippen MR) is 81.3 cm³/mol. The molecule has 2 aromatic rings. The lowest BCUT2D eigenvalue weighted by atomic mass is 10.2. The van der Waals surface area contributed by atoms with Crippen LogP contribution in [0.15, 0.2) is 42.5 Å². The Morgan fingerprint density at radius 3 is 2.50 bits per heavy atom. The standard InChI is InChI=1S/C14H12ClN3O4/c15-11-7-10(4-5-12(11)17-14(20)21)22-9-3-1-2-8(6-9)13(19)18-16/h1-7,17H,16H2,(H,18,19)(H,20,21). The van der Waals surface area contributed by atoms with Crippen molar-refractivity contribution in [1.82, 2.24) is 5.43 Å². The molecule has 0 spiro atoms. The Hall–Kier alpha value is -2.77. The Kier molecular flexibility index (Phi) is 4.82. The molecule has 0 aliphatic rings. The van der Waals surface area contributed by atoms with Crippen LogP contribution in [0, 0.1) is 0 Å². The smallest absolute Gasteiger partial charge is 0.409 e. The van der Waals surface area contributed by atoms with Gasteiger partial charge in [0.25, 0.3) is 5.91 Å². The first kappa shape index (κ1) is 15.6. The summed E-state index contributed by atoms with van der Waals surface area (Å²) in [5.74, 6) is 5.44. The highest BCUT2D eigenvalue weighted by atomic mass is 35.5. The van der Waals surface area contributed by atoms with Gasteiger partial charge in [-0.3, -0.25) is 15.5 Å². The SMILES string of the molecule is NNC(=O)c1cccc(Oc2ccc(NC(=O)O)c(Cl)c2)c1. The number of amides is 2. The van der Waals surface area contributed by atoms with Crippen LogP contribution in [0.4, 0.5) is 10.5 Å². The van der Waals surface area contributed by atoms with Crippen molar-refractivity contribution < 1.29 is 19.4 Å². The average molecular weight is 322 g/mol. The zero-order chi connectivity index (χ0) is 16.1. The number of halogens is 1. The number of carbonyl (C=O) groups excluding carboxylic acids is 1. The summed E-state index contributed by atoms with van der Waals surface area (Å²) in [6.07, 6.45) is -1.21. The van der Waals surface area contributed by atoms with Crippen LogP contribution in [0.25, 0.3) is 0 Å². The van der Waals surface area contributed by atoms with Crippen molar-refractivity contribution in [3.05, 3.63) is 53.1 Å². The molecule has 2 aromatic carbocycles. The third-order valence-corrected chi connectivity index (χ3v) is 2.96. The maximum absolute atomic E-state index is 11.4. The Labute approximate surface area is 130 Å². The minimum atomic E-state index is -1.21. The number of ether oxygens (including phenoxy) is 1. The fourth-order valence-corrected chi connectivity index (χ4v) is 1.91. The van der Waals surface area contributed by atoms with E-state index >= 15 is 0 Å². The molecule has 2 rings (SSSR count). The molecule has 0 saturated heterocycles. The lowest BCUT2D eigenvalue weighted by Gasteiger charge is -2.09. The first-order valence-electron chi connectivity index (χ1n) is 6.08. The van der Waals surface area contributed by atoms with Gasteiger partial charge in [-0.25, -0.2) is 10.6 Å². The van der Waals surface area contributed by atoms with Crippen molar-refractivity contribution in [3.8, 4) is 11.5 Å². The van der Waals surface area contributed by atoms with Gasteiger partial charge in [0.15, 0.2) is 0 Å². The minimum Gasteiger partial charge on any atom is -0.465 e. The van der Waals surface area contributed by atoms with Gasteiger partial charge in [-0.1, -0.05) is 17.7 Å². The number of carbonyl (C=O) groups is 2. The van der Waals surface area contributed by atoms with Gasteiger partial charge in [0.1, 0.15) is 11.5 Å². The number of nitrogens with one attached hydrogen (secondary N) is 2. The number of benzene rings is 2. The molecule has 0 unspecified atom stereocenters. The molecule has 0 radical (unpaired) electrons. The Balaban J connectivity index is 2.19. The largest absolute Gasteiger partial charge is 0.465 e. The number of nitrogens with two attached hydrogens (primary N) is 1. The molecule has 114 valence electrons. The second-order valence-corrected chi connectivity index (χ2v) is 4.58. The average Bonchev–Trinajstić information content (AvgIpc) is 2.49. The van der Waals surface area contributed by atoms with Crippen LogP contribution in [0.1, 0.15) is 10.4 Å². The number of rotatable bonds is 4. The summed E-state index contributed by atoms with van der Waals surface area (Å²) in [5, 5.41) is 11.0. The normalized spacial score (nSPS) is 9.91. The van der Waals surface area contributed by atoms with Crippen LogP contribution in [0.2, 0.25) is 5.02 Å². The molecule has 0 aromatic heterocycles.